The molecule has 3 rings (SSSR count). The highest BCUT2D eigenvalue weighted by atomic mass is 16.3. The smallest absolute Gasteiger partial charge is 0.0794 e. The van der Waals surface area contributed by atoms with Crippen molar-refractivity contribution in [2.75, 3.05) is 32.7 Å². The molecule has 0 aliphatic carbocycles. The number of benzene rings is 1. The highest BCUT2D eigenvalue weighted by molar-refractivity contribution is 5.48. The van der Waals surface area contributed by atoms with Crippen LogP contribution in [-0.2, 0) is 0 Å². The van der Waals surface area contributed by atoms with E-state index in [1.165, 1.54) is 31.5 Å². The molecule has 0 unspecified atom stereocenters. The monoisotopic (exact) mass is 272 g/mol. The van der Waals surface area contributed by atoms with Crippen LogP contribution in [0.3, 0.4) is 0 Å². The second kappa shape index (κ2) is 6.53. The molecule has 3 heteroatoms. The zero-order chi connectivity index (χ0) is 13.8. The maximum absolute atomic E-state index is 9.36. The Morgan fingerprint density at radius 1 is 1.10 bits per heavy atom. The van der Waals surface area contributed by atoms with Gasteiger partial charge in [-0.1, -0.05) is 42.5 Å². The molecule has 0 aromatic heterocycles. The van der Waals surface area contributed by atoms with Crippen LogP contribution in [0.15, 0.2) is 36.4 Å². The van der Waals surface area contributed by atoms with Crippen molar-refractivity contribution in [2.24, 2.45) is 0 Å². The average Bonchev–Trinajstić information content (AvgIpc) is 2.46. The average molecular weight is 272 g/mol. The summed E-state index contributed by atoms with van der Waals surface area (Å²) in [4.78, 5) is 4.95. The number of rotatable bonds is 4. The first-order valence-electron chi connectivity index (χ1n) is 7.67. The third-order valence-electron chi connectivity index (χ3n) is 4.44. The molecule has 2 heterocycles. The largest absolute Gasteiger partial charge is 0.390 e. The molecule has 2 aliphatic heterocycles. The van der Waals surface area contributed by atoms with E-state index in [0.29, 0.717) is 6.04 Å². The summed E-state index contributed by atoms with van der Waals surface area (Å²) >= 11 is 0. The molecule has 2 fully saturated rings. The van der Waals surface area contributed by atoms with E-state index in [-0.39, 0.29) is 6.10 Å². The highest BCUT2D eigenvalue weighted by Crippen LogP contribution is 2.21. The molecule has 3 nitrogen and oxygen atoms in total. The number of hydrogen-bond acceptors (Lipinski definition) is 3. The molecule has 0 radical (unpaired) electrons. The van der Waals surface area contributed by atoms with Crippen LogP contribution in [0.2, 0.25) is 0 Å². The molecule has 2 aliphatic rings. The Balaban J connectivity index is 1.39. The lowest BCUT2D eigenvalue weighted by molar-refractivity contribution is -0.0389. The fraction of sp³-hybridized carbons (Fsp3) is 0.529. The lowest BCUT2D eigenvalue weighted by Gasteiger charge is -2.45. The first-order valence-corrected chi connectivity index (χ1v) is 7.67. The van der Waals surface area contributed by atoms with Crippen LogP contribution in [0, 0.1) is 0 Å². The van der Waals surface area contributed by atoms with Crippen molar-refractivity contribution in [1.29, 1.82) is 0 Å². The van der Waals surface area contributed by atoms with E-state index >= 15 is 0 Å². The maximum atomic E-state index is 9.36. The van der Waals surface area contributed by atoms with Crippen molar-refractivity contribution in [1.82, 2.24) is 9.80 Å². The molecule has 108 valence electrons. The van der Waals surface area contributed by atoms with E-state index in [4.69, 9.17) is 0 Å². The molecule has 0 saturated carbocycles. The van der Waals surface area contributed by atoms with Crippen LogP contribution in [0.25, 0.3) is 6.08 Å². The minimum Gasteiger partial charge on any atom is -0.390 e. The van der Waals surface area contributed by atoms with Crippen LogP contribution in [-0.4, -0.2) is 59.8 Å². The van der Waals surface area contributed by atoms with Gasteiger partial charge in [0.1, 0.15) is 0 Å². The van der Waals surface area contributed by atoms with Gasteiger partial charge in [-0.15, -0.1) is 0 Å². The molecule has 2 saturated heterocycles. The molecule has 0 amide bonds. The minimum atomic E-state index is -0.0677. The van der Waals surface area contributed by atoms with Crippen molar-refractivity contribution in [2.45, 2.75) is 25.0 Å². The van der Waals surface area contributed by atoms with Gasteiger partial charge in [-0.25, -0.2) is 0 Å². The molecule has 20 heavy (non-hydrogen) atoms. The number of piperidine rings is 1. The summed E-state index contributed by atoms with van der Waals surface area (Å²) in [5.74, 6) is 0. The Morgan fingerprint density at radius 2 is 1.80 bits per heavy atom. The van der Waals surface area contributed by atoms with E-state index in [1.807, 2.05) is 0 Å². The molecule has 0 spiro atoms. The number of hydrogen-bond donors (Lipinski definition) is 1. The van der Waals surface area contributed by atoms with Crippen molar-refractivity contribution < 1.29 is 5.11 Å². The van der Waals surface area contributed by atoms with E-state index in [2.05, 4.69) is 52.3 Å². The van der Waals surface area contributed by atoms with Crippen LogP contribution < -0.4 is 0 Å². The summed E-state index contributed by atoms with van der Waals surface area (Å²) in [6, 6.07) is 11.2. The fourth-order valence-corrected chi connectivity index (χ4v) is 3.16. The van der Waals surface area contributed by atoms with E-state index in [9.17, 15) is 5.11 Å². The first kappa shape index (κ1) is 13.8. The number of aliphatic hydroxyl groups excluding tert-OH is 1. The van der Waals surface area contributed by atoms with Gasteiger partial charge in [0.25, 0.3) is 0 Å². The molecule has 0 atom stereocenters. The molecular formula is C17H24N2O. The van der Waals surface area contributed by atoms with Gasteiger partial charge in [-0.3, -0.25) is 9.80 Å². The summed E-state index contributed by atoms with van der Waals surface area (Å²) in [6.45, 7) is 5.17. The third kappa shape index (κ3) is 3.48. The van der Waals surface area contributed by atoms with E-state index < -0.39 is 0 Å². The zero-order valence-corrected chi connectivity index (χ0v) is 12.0. The zero-order valence-electron chi connectivity index (χ0n) is 12.0. The van der Waals surface area contributed by atoms with Crippen LogP contribution in [0.1, 0.15) is 18.4 Å². The van der Waals surface area contributed by atoms with Crippen molar-refractivity contribution in [3.63, 3.8) is 0 Å². The van der Waals surface area contributed by atoms with Gasteiger partial charge < -0.3 is 5.11 Å². The maximum Gasteiger partial charge on any atom is 0.0794 e. The first-order chi connectivity index (χ1) is 9.81. The summed E-state index contributed by atoms with van der Waals surface area (Å²) in [7, 11) is 0. The Kier molecular flexibility index (Phi) is 4.51. The van der Waals surface area contributed by atoms with Gasteiger partial charge in [-0.2, -0.15) is 0 Å². The molecular weight excluding hydrogens is 248 g/mol. The quantitative estimate of drug-likeness (QED) is 0.906. The van der Waals surface area contributed by atoms with Crippen molar-refractivity contribution in [3.8, 4) is 0 Å². The minimum absolute atomic E-state index is 0.0677. The van der Waals surface area contributed by atoms with Gasteiger partial charge in [0.2, 0.25) is 0 Å². The van der Waals surface area contributed by atoms with Crippen molar-refractivity contribution in [3.05, 3.63) is 42.0 Å². The van der Waals surface area contributed by atoms with E-state index in [0.717, 1.165) is 19.6 Å². The second-order valence-corrected chi connectivity index (χ2v) is 5.95. The number of β-amino-alcohol motifs (C(OH)–C–C–N with tert-alkyl or cyclic N) is 1. The molecule has 1 aromatic rings. The third-order valence-corrected chi connectivity index (χ3v) is 4.44. The summed E-state index contributed by atoms with van der Waals surface area (Å²) < 4.78 is 0. The fourth-order valence-electron chi connectivity index (χ4n) is 3.16. The Morgan fingerprint density at radius 3 is 2.45 bits per heavy atom. The topological polar surface area (TPSA) is 26.7 Å². The van der Waals surface area contributed by atoms with E-state index in [1.54, 1.807) is 0 Å². The number of likely N-dealkylation sites (tertiary alicyclic amines) is 2. The summed E-state index contributed by atoms with van der Waals surface area (Å²) in [6.07, 6.45) is 6.89. The number of nitrogens with zero attached hydrogens (tertiary/aromatic N) is 2. The van der Waals surface area contributed by atoms with Crippen LogP contribution in [0.4, 0.5) is 0 Å². The molecule has 1 aromatic carbocycles. The lowest BCUT2D eigenvalue weighted by atomic mass is 9.98. The predicted octanol–water partition coefficient (Wildman–Crippen LogP) is 1.84. The van der Waals surface area contributed by atoms with Gasteiger partial charge in [0.05, 0.1) is 6.10 Å². The predicted molar refractivity (Wildman–Crippen MR) is 82.5 cm³/mol. The number of aliphatic hydroxyl groups is 1. The van der Waals surface area contributed by atoms with Gasteiger partial charge in [-0.05, 0) is 31.5 Å². The van der Waals surface area contributed by atoms with Crippen LogP contribution >= 0.6 is 0 Å². The Hall–Kier alpha value is -1.16. The highest BCUT2D eigenvalue weighted by Gasteiger charge is 2.32. The standard InChI is InChI=1S/C17H24N2O/c20-17-13-19(14-17)16-8-11-18(12-9-16)10-4-7-15-5-2-1-3-6-15/h1-7,16-17,20H,8-14H2/b7-4+. The summed E-state index contributed by atoms with van der Waals surface area (Å²) in [5, 5.41) is 9.36. The Bertz CT molecular complexity index is 432. The van der Waals surface area contributed by atoms with Gasteiger partial charge in [0, 0.05) is 25.7 Å². The normalized spacial score (nSPS) is 23.2. The molecule has 1 N–H and O–H groups in total. The summed E-state index contributed by atoms with van der Waals surface area (Å²) in [5.41, 5.74) is 1.27. The van der Waals surface area contributed by atoms with Gasteiger partial charge in [0.15, 0.2) is 0 Å². The Labute approximate surface area is 121 Å². The molecule has 0 bridgehead atoms. The second-order valence-electron chi connectivity index (χ2n) is 5.95. The van der Waals surface area contributed by atoms with Crippen molar-refractivity contribution >= 4 is 6.08 Å². The van der Waals surface area contributed by atoms with Gasteiger partial charge >= 0.3 is 0 Å². The van der Waals surface area contributed by atoms with Crippen LogP contribution in [0.5, 0.6) is 0 Å². The SMILES string of the molecule is OC1CN(C2CCN(C/C=C/c3ccccc3)CC2)C1. The lowest BCUT2D eigenvalue weighted by Crippen LogP contribution is -2.57.